The lowest BCUT2D eigenvalue weighted by atomic mass is 9.99. The molecule has 2 heterocycles. The van der Waals surface area contributed by atoms with Crippen molar-refractivity contribution in [2.45, 2.75) is 45.2 Å². The number of thiophene rings is 1. The van der Waals surface area contributed by atoms with Crippen LogP contribution in [0, 0.1) is 12.8 Å². The molecule has 3 rings (SSSR count). The lowest BCUT2D eigenvalue weighted by Crippen LogP contribution is -2.38. The van der Waals surface area contributed by atoms with Crippen LogP contribution >= 0.6 is 27.3 Å². The fraction of sp³-hybridized carbons (Fsp3) is 0.733. The van der Waals surface area contributed by atoms with Gasteiger partial charge in [0.05, 0.1) is 0 Å². The largest absolute Gasteiger partial charge is 0.316 e. The van der Waals surface area contributed by atoms with Gasteiger partial charge >= 0.3 is 0 Å². The molecule has 0 radical (unpaired) electrons. The Morgan fingerprint density at radius 1 is 1.42 bits per heavy atom. The number of nitrogens with one attached hydrogen (secondary N) is 1. The monoisotopic (exact) mass is 342 g/mol. The van der Waals surface area contributed by atoms with Crippen LogP contribution in [0.1, 0.15) is 35.4 Å². The van der Waals surface area contributed by atoms with E-state index in [2.05, 4.69) is 39.1 Å². The van der Waals surface area contributed by atoms with E-state index in [0.29, 0.717) is 0 Å². The summed E-state index contributed by atoms with van der Waals surface area (Å²) < 4.78 is 1.28. The normalized spacial score (nSPS) is 24.1. The predicted molar refractivity (Wildman–Crippen MR) is 85.8 cm³/mol. The molecule has 1 N–H and O–H groups in total. The molecule has 2 aliphatic rings. The fourth-order valence-electron chi connectivity index (χ4n) is 2.99. The Bertz CT molecular complexity index is 402. The minimum Gasteiger partial charge on any atom is -0.316 e. The molecule has 1 aliphatic carbocycles. The maximum absolute atomic E-state index is 3.64. The van der Waals surface area contributed by atoms with Crippen LogP contribution in [0.15, 0.2) is 10.5 Å². The van der Waals surface area contributed by atoms with Crippen molar-refractivity contribution in [1.82, 2.24) is 10.2 Å². The zero-order valence-electron chi connectivity index (χ0n) is 11.6. The van der Waals surface area contributed by atoms with Gasteiger partial charge in [-0.3, -0.25) is 4.90 Å². The molecule has 1 saturated heterocycles. The van der Waals surface area contributed by atoms with E-state index in [4.69, 9.17) is 0 Å². The third-order valence-electron chi connectivity index (χ3n) is 4.22. The second kappa shape index (κ2) is 6.25. The maximum Gasteiger partial charge on any atom is 0.0331 e. The Kier molecular flexibility index (Phi) is 4.62. The summed E-state index contributed by atoms with van der Waals surface area (Å²) in [4.78, 5) is 5.65. The van der Waals surface area contributed by atoms with E-state index in [1.165, 1.54) is 59.5 Å². The quantitative estimate of drug-likeness (QED) is 0.875. The first-order valence-corrected chi connectivity index (χ1v) is 9.03. The van der Waals surface area contributed by atoms with E-state index in [1.807, 2.05) is 11.3 Å². The molecule has 106 valence electrons. The summed E-state index contributed by atoms with van der Waals surface area (Å²) in [6.07, 6.45) is 5.58. The number of piperidine rings is 1. The molecule has 1 atom stereocenters. The summed E-state index contributed by atoms with van der Waals surface area (Å²) in [6.45, 7) is 7.07. The van der Waals surface area contributed by atoms with E-state index >= 15 is 0 Å². The van der Waals surface area contributed by atoms with E-state index in [1.54, 1.807) is 0 Å². The molecular weight excluding hydrogens is 320 g/mol. The SMILES string of the molecule is Cc1sc(CN(CC2CCCNC2)C2CC2)cc1Br. The molecule has 1 unspecified atom stereocenters. The zero-order valence-corrected chi connectivity index (χ0v) is 14.0. The van der Waals surface area contributed by atoms with Gasteiger partial charge in [-0.2, -0.15) is 0 Å². The van der Waals surface area contributed by atoms with Crippen LogP contribution in [0.25, 0.3) is 0 Å². The maximum atomic E-state index is 3.64. The summed E-state index contributed by atoms with van der Waals surface area (Å²) in [5, 5.41) is 3.55. The third-order valence-corrected chi connectivity index (χ3v) is 6.34. The van der Waals surface area contributed by atoms with Crippen molar-refractivity contribution in [3.63, 3.8) is 0 Å². The number of nitrogens with zero attached hydrogens (tertiary/aromatic N) is 1. The average molecular weight is 343 g/mol. The van der Waals surface area contributed by atoms with Crippen LogP contribution in [-0.4, -0.2) is 30.6 Å². The summed E-state index contributed by atoms with van der Waals surface area (Å²) in [6, 6.07) is 3.18. The minimum atomic E-state index is 0.860. The highest BCUT2D eigenvalue weighted by Gasteiger charge is 2.31. The van der Waals surface area contributed by atoms with Crippen molar-refractivity contribution < 1.29 is 0 Å². The first-order chi connectivity index (χ1) is 9.22. The Morgan fingerprint density at radius 3 is 2.84 bits per heavy atom. The topological polar surface area (TPSA) is 15.3 Å². The summed E-state index contributed by atoms with van der Waals surface area (Å²) in [5.74, 6) is 0.860. The molecule has 2 fully saturated rings. The van der Waals surface area contributed by atoms with Gasteiger partial charge in [-0.15, -0.1) is 11.3 Å². The smallest absolute Gasteiger partial charge is 0.0331 e. The highest BCUT2D eigenvalue weighted by Crippen LogP contribution is 2.33. The average Bonchev–Trinajstić information content (AvgIpc) is 3.18. The molecule has 0 spiro atoms. The van der Waals surface area contributed by atoms with E-state index < -0.39 is 0 Å². The predicted octanol–water partition coefficient (Wildman–Crippen LogP) is 3.78. The van der Waals surface area contributed by atoms with Gasteiger partial charge in [0.1, 0.15) is 0 Å². The molecule has 0 amide bonds. The highest BCUT2D eigenvalue weighted by molar-refractivity contribution is 9.10. The molecule has 0 aromatic carbocycles. The highest BCUT2D eigenvalue weighted by atomic mass is 79.9. The number of halogens is 1. The van der Waals surface area contributed by atoms with Crippen LogP contribution in [0.5, 0.6) is 0 Å². The third kappa shape index (κ3) is 3.81. The van der Waals surface area contributed by atoms with Gasteiger partial charge in [0.25, 0.3) is 0 Å². The van der Waals surface area contributed by atoms with Crippen LogP contribution in [-0.2, 0) is 6.54 Å². The first-order valence-electron chi connectivity index (χ1n) is 7.42. The minimum absolute atomic E-state index is 0.860. The lowest BCUT2D eigenvalue weighted by Gasteiger charge is -2.30. The molecular formula is C15H23BrN2S. The van der Waals surface area contributed by atoms with Crippen LogP contribution in [0.2, 0.25) is 0 Å². The van der Waals surface area contributed by atoms with Gasteiger partial charge in [-0.1, -0.05) is 0 Å². The Balaban J connectivity index is 1.60. The fourth-order valence-corrected chi connectivity index (χ4v) is 4.62. The molecule has 1 aromatic heterocycles. The molecule has 1 aromatic rings. The second-order valence-corrected chi connectivity index (χ2v) is 8.19. The van der Waals surface area contributed by atoms with Gasteiger partial charge < -0.3 is 5.32 Å². The number of hydrogen-bond donors (Lipinski definition) is 1. The van der Waals surface area contributed by atoms with Crippen LogP contribution in [0.4, 0.5) is 0 Å². The van der Waals surface area contributed by atoms with Crippen molar-refractivity contribution in [2.24, 2.45) is 5.92 Å². The van der Waals surface area contributed by atoms with Gasteiger partial charge in [-0.05, 0) is 73.6 Å². The summed E-state index contributed by atoms with van der Waals surface area (Å²) in [5.41, 5.74) is 0. The zero-order chi connectivity index (χ0) is 13.2. The Labute approximate surface area is 128 Å². The second-order valence-electron chi connectivity index (χ2n) is 5.99. The van der Waals surface area contributed by atoms with E-state index in [9.17, 15) is 0 Å². The standard InChI is InChI=1S/C15H23BrN2S/c1-11-15(16)7-14(19-11)10-18(13-4-5-13)9-12-3-2-6-17-8-12/h7,12-13,17H,2-6,8-10H2,1H3. The van der Waals surface area contributed by atoms with Crippen molar-refractivity contribution in [3.05, 3.63) is 20.3 Å². The molecule has 1 aliphatic heterocycles. The van der Waals surface area contributed by atoms with Crippen molar-refractivity contribution in [3.8, 4) is 0 Å². The summed E-state index contributed by atoms with van der Waals surface area (Å²) in [7, 11) is 0. The van der Waals surface area contributed by atoms with Gasteiger partial charge in [0, 0.05) is 33.4 Å². The van der Waals surface area contributed by atoms with Gasteiger partial charge in [0.15, 0.2) is 0 Å². The van der Waals surface area contributed by atoms with Crippen molar-refractivity contribution in [2.75, 3.05) is 19.6 Å². The molecule has 4 heteroatoms. The van der Waals surface area contributed by atoms with Crippen LogP contribution in [0.3, 0.4) is 0 Å². The van der Waals surface area contributed by atoms with Crippen molar-refractivity contribution in [1.29, 1.82) is 0 Å². The first kappa shape index (κ1) is 14.1. The molecule has 19 heavy (non-hydrogen) atoms. The lowest BCUT2D eigenvalue weighted by molar-refractivity contribution is 0.194. The molecule has 0 bridgehead atoms. The van der Waals surface area contributed by atoms with Gasteiger partial charge in [0.2, 0.25) is 0 Å². The molecule has 2 nitrogen and oxygen atoms in total. The molecule has 1 saturated carbocycles. The van der Waals surface area contributed by atoms with Gasteiger partial charge in [-0.25, -0.2) is 0 Å². The van der Waals surface area contributed by atoms with Crippen molar-refractivity contribution >= 4 is 27.3 Å². The van der Waals surface area contributed by atoms with Crippen LogP contribution < -0.4 is 5.32 Å². The number of aryl methyl sites for hydroxylation is 1. The van der Waals surface area contributed by atoms with E-state index in [0.717, 1.165) is 18.5 Å². The number of rotatable bonds is 5. The Hall–Kier alpha value is 0.100. The summed E-state index contributed by atoms with van der Waals surface area (Å²) >= 11 is 5.58. The number of hydrogen-bond acceptors (Lipinski definition) is 3. The van der Waals surface area contributed by atoms with E-state index in [-0.39, 0.29) is 0 Å². The Morgan fingerprint density at radius 2 is 2.26 bits per heavy atom.